The molecule has 0 amide bonds. The van der Waals surface area contributed by atoms with Gasteiger partial charge in [-0.3, -0.25) is 0 Å². The van der Waals surface area contributed by atoms with E-state index in [4.69, 9.17) is 4.74 Å². The fourth-order valence-electron chi connectivity index (χ4n) is 3.52. The average molecular weight is 382 g/mol. The summed E-state index contributed by atoms with van der Waals surface area (Å²) in [5, 5.41) is 0. The Morgan fingerprint density at radius 2 is 1.85 bits per heavy atom. The van der Waals surface area contributed by atoms with Crippen LogP contribution in [-0.2, 0) is 0 Å². The van der Waals surface area contributed by atoms with Crippen molar-refractivity contribution < 1.29 is 4.74 Å². The molecule has 144 valence electrons. The lowest BCUT2D eigenvalue weighted by Crippen LogP contribution is -2.38. The zero-order valence-corrected chi connectivity index (χ0v) is 17.7. The standard InChI is InChI=1S/C24H31NOS/c1-5-7-15-24(6-2)17-22(19-11-9-8-10-12-19)21-16-20(26-18(3)4)13-14-23(21)27-25-24/h8-14,16-18,25H,5-7,15H2,1-4H3. The lowest BCUT2D eigenvalue weighted by molar-refractivity contribution is 0.242. The van der Waals surface area contributed by atoms with Crippen LogP contribution in [0.1, 0.15) is 64.5 Å². The predicted molar refractivity (Wildman–Crippen MR) is 117 cm³/mol. The van der Waals surface area contributed by atoms with E-state index in [1.54, 1.807) is 11.9 Å². The van der Waals surface area contributed by atoms with Gasteiger partial charge in [0.25, 0.3) is 0 Å². The van der Waals surface area contributed by atoms with E-state index in [0.717, 1.165) is 18.6 Å². The molecule has 1 aliphatic rings. The molecule has 3 heteroatoms. The quantitative estimate of drug-likeness (QED) is 0.530. The topological polar surface area (TPSA) is 21.3 Å². The van der Waals surface area contributed by atoms with E-state index in [9.17, 15) is 0 Å². The van der Waals surface area contributed by atoms with Crippen molar-refractivity contribution in [3.05, 3.63) is 65.7 Å². The van der Waals surface area contributed by atoms with Crippen LogP contribution in [0.4, 0.5) is 0 Å². The molecule has 0 radical (unpaired) electrons. The van der Waals surface area contributed by atoms with Crippen molar-refractivity contribution in [1.82, 2.24) is 4.72 Å². The van der Waals surface area contributed by atoms with Crippen molar-refractivity contribution in [1.29, 1.82) is 0 Å². The van der Waals surface area contributed by atoms with Crippen LogP contribution in [0.2, 0.25) is 0 Å². The van der Waals surface area contributed by atoms with Crippen molar-refractivity contribution in [3.63, 3.8) is 0 Å². The number of hydrogen-bond donors (Lipinski definition) is 1. The fraction of sp³-hybridized carbons (Fsp3) is 0.417. The van der Waals surface area contributed by atoms with Gasteiger partial charge in [0.2, 0.25) is 0 Å². The van der Waals surface area contributed by atoms with E-state index < -0.39 is 0 Å². The molecule has 2 aromatic carbocycles. The number of unbranched alkanes of at least 4 members (excludes halogenated alkanes) is 1. The van der Waals surface area contributed by atoms with Gasteiger partial charge in [0.15, 0.2) is 0 Å². The van der Waals surface area contributed by atoms with Crippen molar-refractivity contribution in [2.75, 3.05) is 0 Å². The first-order valence-electron chi connectivity index (χ1n) is 10.1. The summed E-state index contributed by atoms with van der Waals surface area (Å²) in [5.74, 6) is 0.934. The fourth-order valence-corrected chi connectivity index (χ4v) is 4.55. The summed E-state index contributed by atoms with van der Waals surface area (Å²) in [6, 6.07) is 17.2. The van der Waals surface area contributed by atoms with Crippen LogP contribution in [0.5, 0.6) is 5.75 Å². The number of hydrogen-bond acceptors (Lipinski definition) is 3. The van der Waals surface area contributed by atoms with Gasteiger partial charge in [-0.05, 0) is 68.0 Å². The summed E-state index contributed by atoms with van der Waals surface area (Å²) in [6.07, 6.45) is 7.28. The lowest BCUT2D eigenvalue weighted by Gasteiger charge is -2.30. The van der Waals surface area contributed by atoms with E-state index in [1.807, 2.05) is 0 Å². The highest BCUT2D eigenvalue weighted by Gasteiger charge is 2.30. The molecule has 1 heterocycles. The van der Waals surface area contributed by atoms with Crippen molar-refractivity contribution >= 4 is 17.5 Å². The second-order valence-electron chi connectivity index (χ2n) is 7.57. The molecule has 2 nitrogen and oxygen atoms in total. The van der Waals surface area contributed by atoms with Crippen LogP contribution in [0.3, 0.4) is 0 Å². The largest absolute Gasteiger partial charge is 0.491 e. The van der Waals surface area contributed by atoms with Gasteiger partial charge < -0.3 is 4.74 Å². The number of fused-ring (bicyclic) bond motifs is 1. The third-order valence-corrected chi connectivity index (χ3v) is 6.17. The Bertz CT molecular complexity index is 784. The first-order chi connectivity index (χ1) is 13.1. The van der Waals surface area contributed by atoms with Crippen molar-refractivity contribution in [3.8, 4) is 5.75 Å². The maximum atomic E-state index is 5.99. The molecule has 0 saturated carbocycles. The van der Waals surface area contributed by atoms with Crippen molar-refractivity contribution in [2.45, 2.75) is 69.9 Å². The number of rotatable bonds is 7. The lowest BCUT2D eigenvalue weighted by atomic mass is 9.85. The van der Waals surface area contributed by atoms with Crippen LogP contribution < -0.4 is 9.46 Å². The summed E-state index contributed by atoms with van der Waals surface area (Å²) < 4.78 is 9.79. The zero-order chi connectivity index (χ0) is 19.3. The molecule has 1 atom stereocenters. The molecule has 0 fully saturated rings. The Kier molecular flexibility index (Phi) is 6.67. The van der Waals surface area contributed by atoms with Gasteiger partial charge in [-0.1, -0.05) is 63.1 Å². The highest BCUT2D eigenvalue weighted by Crippen LogP contribution is 2.41. The monoisotopic (exact) mass is 381 g/mol. The number of benzene rings is 2. The molecular formula is C24H31NOS. The second kappa shape index (κ2) is 8.99. The second-order valence-corrected chi connectivity index (χ2v) is 8.41. The number of nitrogens with one attached hydrogen (secondary N) is 1. The molecule has 1 N–H and O–H groups in total. The van der Waals surface area contributed by atoms with Gasteiger partial charge in [-0.2, -0.15) is 0 Å². The van der Waals surface area contributed by atoms with Gasteiger partial charge in [0.05, 0.1) is 6.10 Å². The van der Waals surface area contributed by atoms with Crippen molar-refractivity contribution in [2.24, 2.45) is 0 Å². The van der Waals surface area contributed by atoms with Crippen LogP contribution in [-0.4, -0.2) is 11.6 Å². The molecular weight excluding hydrogens is 350 g/mol. The minimum atomic E-state index is 0.00391. The molecule has 3 rings (SSSR count). The van der Waals surface area contributed by atoms with Crippen LogP contribution in [0, 0.1) is 0 Å². The van der Waals surface area contributed by atoms with Crippen LogP contribution >= 0.6 is 11.9 Å². The summed E-state index contributed by atoms with van der Waals surface area (Å²) >= 11 is 1.76. The van der Waals surface area contributed by atoms with Gasteiger partial charge >= 0.3 is 0 Å². The molecule has 1 unspecified atom stereocenters. The average Bonchev–Trinajstić information content (AvgIpc) is 2.84. The predicted octanol–water partition coefficient (Wildman–Crippen LogP) is 6.85. The molecule has 0 aliphatic carbocycles. The van der Waals surface area contributed by atoms with Gasteiger partial charge in [0.1, 0.15) is 5.75 Å². The van der Waals surface area contributed by atoms with E-state index in [1.165, 1.54) is 34.4 Å². The molecule has 0 spiro atoms. The van der Waals surface area contributed by atoms with Gasteiger partial charge in [0, 0.05) is 16.0 Å². The smallest absolute Gasteiger partial charge is 0.120 e. The molecule has 0 aromatic heterocycles. The number of ether oxygens (including phenoxy) is 1. The zero-order valence-electron chi connectivity index (χ0n) is 16.9. The van der Waals surface area contributed by atoms with Gasteiger partial charge in [-0.15, -0.1) is 0 Å². The molecule has 1 aliphatic heterocycles. The summed E-state index contributed by atoms with van der Waals surface area (Å²) in [5.41, 5.74) is 3.82. The van der Waals surface area contributed by atoms with E-state index in [2.05, 4.69) is 87.0 Å². The summed E-state index contributed by atoms with van der Waals surface area (Å²) in [6.45, 7) is 8.69. The normalized spacial score (nSPS) is 19.4. The highest BCUT2D eigenvalue weighted by atomic mass is 32.2. The molecule has 0 saturated heterocycles. The summed E-state index contributed by atoms with van der Waals surface area (Å²) in [4.78, 5) is 1.26. The van der Waals surface area contributed by atoms with E-state index >= 15 is 0 Å². The summed E-state index contributed by atoms with van der Waals surface area (Å²) in [7, 11) is 0. The van der Waals surface area contributed by atoms with Crippen LogP contribution in [0.15, 0.2) is 59.5 Å². The third-order valence-electron chi connectivity index (χ3n) is 5.09. The molecule has 0 bridgehead atoms. The minimum Gasteiger partial charge on any atom is -0.491 e. The highest BCUT2D eigenvalue weighted by molar-refractivity contribution is 7.97. The SMILES string of the molecule is CCCCC1(CC)C=C(c2ccccc2)c2cc(OC(C)C)ccc2SN1. The molecule has 27 heavy (non-hydrogen) atoms. The van der Waals surface area contributed by atoms with Crippen LogP contribution in [0.25, 0.3) is 5.57 Å². The minimum absolute atomic E-state index is 0.00391. The first kappa shape index (κ1) is 20.0. The van der Waals surface area contributed by atoms with Gasteiger partial charge in [-0.25, -0.2) is 4.72 Å². The Labute approximate surface area is 168 Å². The Morgan fingerprint density at radius 3 is 2.52 bits per heavy atom. The Hall–Kier alpha value is -1.71. The Morgan fingerprint density at radius 1 is 1.07 bits per heavy atom. The molecule has 2 aromatic rings. The Balaban J connectivity index is 2.13. The van der Waals surface area contributed by atoms with E-state index in [-0.39, 0.29) is 11.6 Å². The third kappa shape index (κ3) is 4.77. The first-order valence-corrected chi connectivity index (χ1v) is 10.9. The maximum absolute atomic E-state index is 5.99. The maximum Gasteiger partial charge on any atom is 0.120 e. The van der Waals surface area contributed by atoms with E-state index in [0.29, 0.717) is 0 Å².